The summed E-state index contributed by atoms with van der Waals surface area (Å²) in [5, 5.41) is 7.33. The largest absolute Gasteiger partial charge is 0.482 e. The molecule has 6 nitrogen and oxygen atoms in total. The van der Waals surface area contributed by atoms with E-state index in [1.54, 1.807) is 30.3 Å². The highest BCUT2D eigenvalue weighted by Gasteiger charge is 2.15. The van der Waals surface area contributed by atoms with Crippen LogP contribution in [0.2, 0.25) is 5.02 Å². The number of hydrogen-bond acceptors (Lipinski definition) is 5. The first kappa shape index (κ1) is 19.7. The summed E-state index contributed by atoms with van der Waals surface area (Å²) in [5.74, 6) is 1.03. The Morgan fingerprint density at radius 3 is 2.53 bits per heavy atom. The minimum atomic E-state index is -0.327. The van der Waals surface area contributed by atoms with Crippen LogP contribution in [0.15, 0.2) is 83.4 Å². The van der Waals surface area contributed by atoms with Crippen molar-refractivity contribution >= 4 is 23.2 Å². The smallest absolute Gasteiger partial charge is 0.262 e. The number of nitrogens with one attached hydrogen (secondary N) is 1. The van der Waals surface area contributed by atoms with Crippen LogP contribution < -0.4 is 10.1 Å². The Morgan fingerprint density at radius 1 is 0.967 bits per heavy atom. The summed E-state index contributed by atoms with van der Waals surface area (Å²) in [4.78, 5) is 16.9. The SMILES string of the molecule is O=C(COc1ccccc1Cl)Nc1ccccc1-c1nc(Cc2ccccc2)no1. The van der Waals surface area contributed by atoms with Gasteiger partial charge in [0, 0.05) is 6.42 Å². The van der Waals surface area contributed by atoms with E-state index in [1.807, 2.05) is 48.5 Å². The molecule has 0 saturated carbocycles. The third-order valence-electron chi connectivity index (χ3n) is 4.30. The molecule has 1 aromatic heterocycles. The van der Waals surface area contributed by atoms with Crippen molar-refractivity contribution in [1.29, 1.82) is 0 Å². The molecule has 0 unspecified atom stereocenters. The van der Waals surface area contributed by atoms with Crippen LogP contribution in [0.4, 0.5) is 5.69 Å². The molecule has 30 heavy (non-hydrogen) atoms. The Balaban J connectivity index is 1.45. The monoisotopic (exact) mass is 419 g/mol. The molecule has 0 aliphatic heterocycles. The molecule has 1 amide bonds. The maximum absolute atomic E-state index is 12.4. The van der Waals surface area contributed by atoms with Crippen molar-refractivity contribution < 1.29 is 14.1 Å². The van der Waals surface area contributed by atoms with E-state index in [4.69, 9.17) is 20.9 Å². The van der Waals surface area contributed by atoms with Gasteiger partial charge in [-0.1, -0.05) is 71.4 Å². The lowest BCUT2D eigenvalue weighted by Gasteiger charge is -2.10. The number of hydrogen-bond donors (Lipinski definition) is 1. The zero-order valence-electron chi connectivity index (χ0n) is 15.9. The lowest BCUT2D eigenvalue weighted by molar-refractivity contribution is -0.118. The van der Waals surface area contributed by atoms with E-state index in [0.29, 0.717) is 40.2 Å². The van der Waals surface area contributed by atoms with Crippen molar-refractivity contribution in [3.63, 3.8) is 0 Å². The summed E-state index contributed by atoms with van der Waals surface area (Å²) < 4.78 is 10.9. The topological polar surface area (TPSA) is 77.2 Å². The minimum Gasteiger partial charge on any atom is -0.482 e. The minimum absolute atomic E-state index is 0.179. The van der Waals surface area contributed by atoms with Gasteiger partial charge in [-0.25, -0.2) is 0 Å². The molecule has 4 aromatic rings. The highest BCUT2D eigenvalue weighted by Crippen LogP contribution is 2.27. The van der Waals surface area contributed by atoms with Crippen LogP contribution in [0.5, 0.6) is 5.75 Å². The van der Waals surface area contributed by atoms with E-state index in [9.17, 15) is 4.79 Å². The summed E-state index contributed by atoms with van der Waals surface area (Å²) in [6, 6.07) is 24.1. The van der Waals surface area contributed by atoms with Gasteiger partial charge < -0.3 is 14.6 Å². The number of para-hydroxylation sites is 2. The van der Waals surface area contributed by atoms with Crippen molar-refractivity contribution in [2.45, 2.75) is 6.42 Å². The molecule has 0 fully saturated rings. The zero-order chi connectivity index (χ0) is 20.8. The highest BCUT2D eigenvalue weighted by molar-refractivity contribution is 6.32. The highest BCUT2D eigenvalue weighted by atomic mass is 35.5. The third-order valence-corrected chi connectivity index (χ3v) is 4.61. The van der Waals surface area contributed by atoms with Gasteiger partial charge >= 0.3 is 0 Å². The van der Waals surface area contributed by atoms with Crippen molar-refractivity contribution in [1.82, 2.24) is 10.1 Å². The number of anilines is 1. The Hall–Kier alpha value is -3.64. The molecule has 0 radical (unpaired) electrons. The average molecular weight is 420 g/mol. The van der Waals surface area contributed by atoms with Crippen molar-refractivity contribution in [2.75, 3.05) is 11.9 Å². The molecular weight excluding hydrogens is 402 g/mol. The Kier molecular flexibility index (Phi) is 6.06. The molecule has 7 heteroatoms. The normalized spacial score (nSPS) is 10.6. The van der Waals surface area contributed by atoms with Gasteiger partial charge in [0.05, 0.1) is 16.3 Å². The number of aromatic nitrogens is 2. The fraction of sp³-hybridized carbons (Fsp3) is 0.0870. The summed E-state index contributed by atoms with van der Waals surface area (Å²) in [5.41, 5.74) is 2.28. The lowest BCUT2D eigenvalue weighted by Crippen LogP contribution is -2.20. The van der Waals surface area contributed by atoms with Gasteiger partial charge in [-0.05, 0) is 29.8 Å². The number of rotatable bonds is 7. The fourth-order valence-electron chi connectivity index (χ4n) is 2.88. The molecule has 0 bridgehead atoms. The Bertz CT molecular complexity index is 1150. The maximum Gasteiger partial charge on any atom is 0.262 e. The predicted molar refractivity (Wildman–Crippen MR) is 115 cm³/mol. The second-order valence-corrected chi connectivity index (χ2v) is 6.90. The molecule has 150 valence electrons. The van der Waals surface area contributed by atoms with Gasteiger partial charge in [0.15, 0.2) is 12.4 Å². The van der Waals surface area contributed by atoms with E-state index >= 15 is 0 Å². The fourth-order valence-corrected chi connectivity index (χ4v) is 3.07. The molecule has 1 N–H and O–H groups in total. The van der Waals surface area contributed by atoms with Crippen LogP contribution in [0.1, 0.15) is 11.4 Å². The van der Waals surface area contributed by atoms with Gasteiger partial charge in [0.2, 0.25) is 0 Å². The van der Waals surface area contributed by atoms with E-state index in [2.05, 4.69) is 15.5 Å². The van der Waals surface area contributed by atoms with Crippen LogP contribution in [-0.2, 0) is 11.2 Å². The molecule has 0 spiro atoms. The zero-order valence-corrected chi connectivity index (χ0v) is 16.7. The molecule has 1 heterocycles. The van der Waals surface area contributed by atoms with E-state index in [0.717, 1.165) is 5.56 Å². The number of carbonyl (C=O) groups excluding carboxylic acids is 1. The van der Waals surface area contributed by atoms with E-state index in [-0.39, 0.29) is 12.5 Å². The van der Waals surface area contributed by atoms with Crippen LogP contribution >= 0.6 is 11.6 Å². The first-order chi connectivity index (χ1) is 14.7. The van der Waals surface area contributed by atoms with E-state index in [1.165, 1.54) is 0 Å². The summed E-state index contributed by atoms with van der Waals surface area (Å²) in [6.45, 7) is -0.179. The standard InChI is InChI=1S/C23H18ClN3O3/c24-18-11-5-7-13-20(18)29-15-22(28)25-19-12-6-4-10-17(19)23-26-21(27-30-23)14-16-8-2-1-3-9-16/h1-13H,14-15H2,(H,25,28). The molecule has 0 aliphatic carbocycles. The first-order valence-corrected chi connectivity index (χ1v) is 9.70. The van der Waals surface area contributed by atoms with Gasteiger partial charge in [-0.2, -0.15) is 4.98 Å². The van der Waals surface area contributed by atoms with Crippen LogP contribution in [0.3, 0.4) is 0 Å². The number of benzene rings is 3. The molecule has 0 saturated heterocycles. The van der Waals surface area contributed by atoms with E-state index < -0.39 is 0 Å². The van der Waals surface area contributed by atoms with Crippen LogP contribution in [0.25, 0.3) is 11.5 Å². The van der Waals surface area contributed by atoms with Crippen molar-refractivity contribution in [2.24, 2.45) is 0 Å². The van der Waals surface area contributed by atoms with Crippen molar-refractivity contribution in [3.8, 4) is 17.2 Å². The summed E-state index contributed by atoms with van der Waals surface area (Å²) >= 11 is 6.05. The number of carbonyl (C=O) groups is 1. The predicted octanol–water partition coefficient (Wildman–Crippen LogP) is 5.00. The summed E-state index contributed by atoms with van der Waals surface area (Å²) in [6.07, 6.45) is 0.560. The van der Waals surface area contributed by atoms with Gasteiger partial charge in [-0.3, -0.25) is 4.79 Å². The Morgan fingerprint density at radius 2 is 1.70 bits per heavy atom. The lowest BCUT2D eigenvalue weighted by atomic mass is 10.1. The first-order valence-electron chi connectivity index (χ1n) is 9.32. The second kappa shape index (κ2) is 9.24. The van der Waals surface area contributed by atoms with Crippen LogP contribution in [0, 0.1) is 0 Å². The third kappa shape index (κ3) is 4.85. The van der Waals surface area contributed by atoms with Crippen molar-refractivity contribution in [3.05, 3.63) is 95.3 Å². The van der Waals surface area contributed by atoms with Gasteiger partial charge in [0.25, 0.3) is 11.8 Å². The molecule has 0 atom stereocenters. The Labute approximate surface area is 178 Å². The number of nitrogens with zero attached hydrogens (tertiary/aromatic N) is 2. The number of amides is 1. The molecule has 4 rings (SSSR count). The maximum atomic E-state index is 12.4. The number of ether oxygens (including phenoxy) is 1. The second-order valence-electron chi connectivity index (χ2n) is 6.49. The number of halogens is 1. The van der Waals surface area contributed by atoms with Gasteiger partial charge in [0.1, 0.15) is 5.75 Å². The molecule has 3 aromatic carbocycles. The van der Waals surface area contributed by atoms with Crippen LogP contribution in [-0.4, -0.2) is 22.7 Å². The molecule has 0 aliphatic rings. The average Bonchev–Trinajstić information content (AvgIpc) is 3.22. The quantitative estimate of drug-likeness (QED) is 0.456. The van der Waals surface area contributed by atoms with Gasteiger partial charge in [-0.15, -0.1) is 0 Å². The molecular formula is C23H18ClN3O3. The summed E-state index contributed by atoms with van der Waals surface area (Å²) in [7, 11) is 0.